The summed E-state index contributed by atoms with van der Waals surface area (Å²) in [6.45, 7) is -4.11. The fraction of sp³-hybridized carbons (Fsp3) is 0.571. The Morgan fingerprint density at radius 1 is 0.448 bits per heavy atom. The van der Waals surface area contributed by atoms with E-state index >= 15 is 0 Å². The third-order valence-corrected chi connectivity index (χ3v) is 12.7. The molecule has 0 fully saturated rings. The lowest BCUT2D eigenvalue weighted by Gasteiger charge is -2.26. The van der Waals surface area contributed by atoms with Crippen LogP contribution in [0.2, 0.25) is 0 Å². The molecule has 0 unspecified atom stereocenters. The number of nitrogens with zero attached hydrogens (tertiary/aromatic N) is 2. The van der Waals surface area contributed by atoms with Crippen molar-refractivity contribution in [3.05, 3.63) is 35.9 Å². The molecule has 0 heterocycles. The van der Waals surface area contributed by atoms with E-state index in [0.29, 0.717) is 12.0 Å². The molecule has 38 heteroatoms. The molecule has 0 aliphatic heterocycles. The van der Waals surface area contributed by atoms with Crippen LogP contribution in [-0.2, 0) is 68.7 Å². The van der Waals surface area contributed by atoms with Crippen LogP contribution in [0.15, 0.2) is 40.3 Å². The fourth-order valence-electron chi connectivity index (χ4n) is 7.47. The maximum absolute atomic E-state index is 13.8. The van der Waals surface area contributed by atoms with Gasteiger partial charge in [-0.2, -0.15) is 25.3 Å². The summed E-state index contributed by atoms with van der Waals surface area (Å²) in [5.74, 6) is -15.3. The number of hydrogen-bond acceptors (Lipinski definition) is 21. The number of nitrogens with one attached hydrogen (secondary N) is 11. The van der Waals surface area contributed by atoms with Crippen LogP contribution < -0.4 is 92.9 Å². The fourth-order valence-corrected chi connectivity index (χ4v) is 7.99. The standard InChI is InChI=1S/C49H81N19O17S2/c50-13-5-4-10-26(39(76)58-19-36(72)60-27(11-6-14-56-48(52)53)41(78)64-28(47(84)85)12-7-15-57-49(54)55)63-43(80)31(21-69)66-44(81)32(22-70)67-46(83)34(24-87)68-42(79)29(16-25-8-2-1-3-9-25)61-37(73)20-59-40(77)30(17-38(74)75)65-45(82)33(23-86)62-35(71)18-51/h1-3,8-9,26-34,69-70,86-87H,4-7,10-24,50-51H2,(H,58,76)(H,59,77)(H,60,72)(H,61,73)(H,62,71)(H,63,80)(H,64,78)(H,65,82)(H,66,81)(H,67,83)(H,68,79)(H,74,75)(H,84,85)(H4,52,53,56)(H4,54,55,57)/t26-,27-,28-,29-,30-,31-,32-,33-,34-/m0/s1. The van der Waals surface area contributed by atoms with Gasteiger partial charge in [0, 0.05) is 31.0 Å². The molecule has 0 aliphatic rings. The van der Waals surface area contributed by atoms with Gasteiger partial charge in [-0.25, -0.2) is 4.79 Å². The van der Waals surface area contributed by atoms with Crippen LogP contribution in [0, 0.1) is 0 Å². The summed E-state index contributed by atoms with van der Waals surface area (Å²) >= 11 is 8.11. The first kappa shape index (κ1) is 76.4. The zero-order valence-corrected chi connectivity index (χ0v) is 49.2. The second-order valence-electron chi connectivity index (χ2n) is 18.9. The second-order valence-corrected chi connectivity index (χ2v) is 19.6. The number of thiol groups is 2. The van der Waals surface area contributed by atoms with Crippen molar-refractivity contribution in [3.63, 3.8) is 0 Å². The highest BCUT2D eigenvalue weighted by atomic mass is 32.1. The molecule has 0 radical (unpaired) electrons. The Balaban J connectivity index is 3.18. The average Bonchev–Trinajstić information content (AvgIpc) is 3.21. The summed E-state index contributed by atoms with van der Waals surface area (Å²) in [4.78, 5) is 176. The summed E-state index contributed by atoms with van der Waals surface area (Å²) in [5, 5.41) is 64.7. The van der Waals surface area contributed by atoms with Crippen LogP contribution in [0.25, 0.3) is 0 Å². The molecular formula is C49H81N19O17S2. The second kappa shape index (κ2) is 42.3. The van der Waals surface area contributed by atoms with Gasteiger partial charge in [-0.15, -0.1) is 0 Å². The lowest BCUT2D eigenvalue weighted by Crippen LogP contribution is -2.61. The lowest BCUT2D eigenvalue weighted by atomic mass is 10.0. The van der Waals surface area contributed by atoms with E-state index in [-0.39, 0.29) is 82.3 Å². The van der Waals surface area contributed by atoms with Crippen LogP contribution in [0.4, 0.5) is 0 Å². The number of nitrogens with two attached hydrogens (primary N) is 6. The van der Waals surface area contributed by atoms with Crippen molar-refractivity contribution in [2.24, 2.45) is 44.4 Å². The Hall–Kier alpha value is -8.59. The van der Waals surface area contributed by atoms with Crippen LogP contribution in [0.3, 0.4) is 0 Å². The minimum absolute atomic E-state index is 0.0237. The number of unbranched alkanes of at least 4 members (excludes halogenated alkanes) is 1. The quantitative estimate of drug-likeness (QED) is 0.0125. The molecule has 0 aromatic heterocycles. The van der Waals surface area contributed by atoms with Crippen LogP contribution in [-0.4, -0.2) is 228 Å². The highest BCUT2D eigenvalue weighted by Crippen LogP contribution is 2.08. The van der Waals surface area contributed by atoms with E-state index in [2.05, 4.69) is 93.7 Å². The minimum Gasteiger partial charge on any atom is -0.481 e. The molecular weight excluding hydrogens is 1190 g/mol. The minimum atomic E-state index is -1.86. The molecule has 1 aromatic carbocycles. The van der Waals surface area contributed by atoms with E-state index in [1.54, 1.807) is 30.3 Å². The van der Waals surface area contributed by atoms with Crippen LogP contribution in [0.5, 0.6) is 0 Å². The molecule has 9 atom stereocenters. The van der Waals surface area contributed by atoms with Crippen LogP contribution in [0.1, 0.15) is 56.9 Å². The molecule has 0 saturated carbocycles. The first-order chi connectivity index (χ1) is 41.2. The molecule has 0 saturated heterocycles. The Labute approximate surface area is 510 Å². The SMILES string of the molecule is NCCCC[C@H](NC(=O)[C@H](CO)NC(=O)[C@H](CO)NC(=O)[C@H](CS)NC(=O)[C@H](Cc1ccccc1)NC(=O)CNC(=O)[C@H](CC(=O)O)NC(=O)[C@H](CS)NC(=O)CN)C(=O)NCC(=O)N[C@@H](CCCN=C(N)N)C(=O)N[C@@H](CCCN=C(N)N)C(=O)O. The maximum atomic E-state index is 13.8. The molecule has 11 amide bonds. The van der Waals surface area contributed by atoms with E-state index in [9.17, 15) is 82.8 Å². The van der Waals surface area contributed by atoms with Gasteiger partial charge in [-0.05, 0) is 57.1 Å². The van der Waals surface area contributed by atoms with Crippen molar-refractivity contribution in [2.75, 3.05) is 64.0 Å². The Bertz CT molecular complexity index is 2550. The predicted octanol–water partition coefficient (Wildman–Crippen LogP) is -10.6. The summed E-state index contributed by atoms with van der Waals surface area (Å²) in [6, 6.07) is -5.98. The van der Waals surface area contributed by atoms with Gasteiger partial charge < -0.3 is 113 Å². The van der Waals surface area contributed by atoms with Crippen molar-refractivity contribution in [2.45, 2.75) is 112 Å². The number of carbonyl (C=O) groups excluding carboxylic acids is 11. The number of aliphatic hydroxyl groups is 2. The highest BCUT2D eigenvalue weighted by Gasteiger charge is 2.34. The monoisotopic (exact) mass is 1270 g/mol. The van der Waals surface area contributed by atoms with Gasteiger partial charge in [0.25, 0.3) is 0 Å². The van der Waals surface area contributed by atoms with E-state index in [1.165, 1.54) is 0 Å². The van der Waals surface area contributed by atoms with Gasteiger partial charge in [-0.1, -0.05) is 30.3 Å². The van der Waals surface area contributed by atoms with Gasteiger partial charge in [0.1, 0.15) is 54.4 Å². The molecule has 36 nitrogen and oxygen atoms in total. The molecule has 87 heavy (non-hydrogen) atoms. The number of aliphatic carboxylic acids is 2. The molecule has 0 spiro atoms. The van der Waals surface area contributed by atoms with Crippen molar-refractivity contribution in [1.29, 1.82) is 0 Å². The number of carboxylic acids is 2. The molecule has 27 N–H and O–H groups in total. The smallest absolute Gasteiger partial charge is 0.326 e. The lowest BCUT2D eigenvalue weighted by molar-refractivity contribution is -0.142. The maximum Gasteiger partial charge on any atom is 0.326 e. The Morgan fingerprint density at radius 3 is 1.29 bits per heavy atom. The Morgan fingerprint density at radius 2 is 0.828 bits per heavy atom. The zero-order valence-electron chi connectivity index (χ0n) is 47.4. The number of rotatable bonds is 43. The molecule has 486 valence electrons. The first-order valence-electron chi connectivity index (χ1n) is 26.9. The predicted molar refractivity (Wildman–Crippen MR) is 317 cm³/mol. The number of guanidine groups is 2. The number of carboxylic acid groups (broad SMARTS) is 2. The first-order valence-corrected chi connectivity index (χ1v) is 28.2. The number of carbonyl (C=O) groups is 13. The van der Waals surface area contributed by atoms with Crippen molar-refractivity contribution in [1.82, 2.24) is 58.5 Å². The summed E-state index contributed by atoms with van der Waals surface area (Å²) in [7, 11) is 0. The summed E-state index contributed by atoms with van der Waals surface area (Å²) < 4.78 is 0. The number of hydrogen-bond donors (Lipinski definition) is 23. The highest BCUT2D eigenvalue weighted by molar-refractivity contribution is 7.80. The summed E-state index contributed by atoms with van der Waals surface area (Å²) in [5.41, 5.74) is 32.8. The molecule has 0 aliphatic carbocycles. The molecule has 1 aromatic rings. The molecule has 1 rings (SSSR count). The average molecular weight is 1270 g/mol. The van der Waals surface area contributed by atoms with E-state index in [1.807, 2.05) is 0 Å². The van der Waals surface area contributed by atoms with E-state index in [0.717, 1.165) is 0 Å². The topological polar surface area (TPSA) is 616 Å². The number of aliphatic imine (C=N–C) groups is 2. The number of benzene rings is 1. The van der Waals surface area contributed by atoms with Crippen molar-refractivity contribution >= 4 is 114 Å². The van der Waals surface area contributed by atoms with Gasteiger partial charge in [0.2, 0.25) is 65.0 Å². The number of aliphatic hydroxyl groups excluding tert-OH is 2. The van der Waals surface area contributed by atoms with E-state index in [4.69, 9.17) is 34.4 Å². The van der Waals surface area contributed by atoms with Gasteiger partial charge >= 0.3 is 11.9 Å². The van der Waals surface area contributed by atoms with Gasteiger partial charge in [0.15, 0.2) is 11.9 Å². The third-order valence-electron chi connectivity index (χ3n) is 12.0. The van der Waals surface area contributed by atoms with Crippen molar-refractivity contribution in [3.8, 4) is 0 Å². The summed E-state index contributed by atoms with van der Waals surface area (Å²) in [6.07, 6.45) is -0.563. The third kappa shape index (κ3) is 31.4. The zero-order chi connectivity index (χ0) is 65.6. The molecule has 0 bridgehead atoms. The van der Waals surface area contributed by atoms with E-state index < -0.39 is 176 Å². The van der Waals surface area contributed by atoms with Crippen LogP contribution >= 0.6 is 25.3 Å². The van der Waals surface area contributed by atoms with Crippen molar-refractivity contribution < 1.29 is 82.8 Å². The van der Waals surface area contributed by atoms with Gasteiger partial charge in [0.05, 0.1) is 39.3 Å². The Kier molecular flexibility index (Phi) is 37.1. The van der Waals surface area contributed by atoms with Gasteiger partial charge in [-0.3, -0.25) is 67.5 Å². The normalized spacial score (nSPS) is 13.8. The largest absolute Gasteiger partial charge is 0.481 e. The number of amides is 11.